The Balaban J connectivity index is 3.44. The van der Waals surface area contributed by atoms with Crippen LogP contribution in [0.5, 0.6) is 0 Å². The lowest BCUT2D eigenvalue weighted by Crippen LogP contribution is -2.30. The Morgan fingerprint density at radius 2 is 1.78 bits per heavy atom. The SMILES string of the molecule is CC(n1nnc(C(N)=O)c1C(F)(F)F)C(F)(F)F. The number of carbonyl (C=O) groups excluding carboxylic acids is 1. The van der Waals surface area contributed by atoms with Gasteiger partial charge in [0, 0.05) is 0 Å². The van der Waals surface area contributed by atoms with Gasteiger partial charge in [0.2, 0.25) is 0 Å². The Hall–Kier alpha value is -1.81. The van der Waals surface area contributed by atoms with Crippen LogP contribution in [0.1, 0.15) is 29.1 Å². The van der Waals surface area contributed by atoms with Crippen molar-refractivity contribution in [1.29, 1.82) is 0 Å². The molecule has 18 heavy (non-hydrogen) atoms. The van der Waals surface area contributed by atoms with Gasteiger partial charge in [-0.1, -0.05) is 5.21 Å². The number of hydrogen-bond donors (Lipinski definition) is 1. The maximum absolute atomic E-state index is 12.6. The standard InChI is InChI=1S/C7H6F6N4O/c1-2(6(8,9)10)17-4(7(11,12)13)3(5(14)18)15-16-17/h2H,1H3,(H2,14,18). The van der Waals surface area contributed by atoms with Crippen LogP contribution in [0.25, 0.3) is 0 Å². The van der Waals surface area contributed by atoms with Crippen LogP contribution in [-0.4, -0.2) is 27.1 Å². The van der Waals surface area contributed by atoms with Crippen molar-refractivity contribution in [1.82, 2.24) is 15.0 Å². The van der Waals surface area contributed by atoms with E-state index in [0.29, 0.717) is 6.92 Å². The van der Waals surface area contributed by atoms with Crippen molar-refractivity contribution in [2.24, 2.45) is 5.73 Å². The molecule has 102 valence electrons. The van der Waals surface area contributed by atoms with E-state index in [0.717, 1.165) is 0 Å². The minimum atomic E-state index is -5.23. The van der Waals surface area contributed by atoms with Crippen molar-refractivity contribution in [2.45, 2.75) is 25.3 Å². The molecule has 0 saturated heterocycles. The molecule has 0 radical (unpaired) electrons. The zero-order valence-corrected chi connectivity index (χ0v) is 8.67. The first-order valence-electron chi connectivity index (χ1n) is 4.35. The Kier molecular flexibility index (Phi) is 3.28. The molecule has 0 saturated carbocycles. The maximum atomic E-state index is 12.6. The lowest BCUT2D eigenvalue weighted by atomic mass is 10.2. The summed E-state index contributed by atoms with van der Waals surface area (Å²) in [7, 11) is 0. The molecule has 1 rings (SSSR count). The highest BCUT2D eigenvalue weighted by atomic mass is 19.4. The van der Waals surface area contributed by atoms with E-state index in [1.807, 2.05) is 0 Å². The van der Waals surface area contributed by atoms with Crippen LogP contribution in [0.2, 0.25) is 0 Å². The first kappa shape index (κ1) is 14.3. The van der Waals surface area contributed by atoms with Gasteiger partial charge < -0.3 is 5.73 Å². The largest absolute Gasteiger partial charge is 0.435 e. The summed E-state index contributed by atoms with van der Waals surface area (Å²) in [5.41, 5.74) is 1.33. The third-order valence-electron chi connectivity index (χ3n) is 2.04. The quantitative estimate of drug-likeness (QED) is 0.832. The smallest absolute Gasteiger partial charge is 0.364 e. The highest BCUT2D eigenvalue weighted by Gasteiger charge is 2.47. The fourth-order valence-corrected chi connectivity index (χ4v) is 1.13. The van der Waals surface area contributed by atoms with Gasteiger partial charge >= 0.3 is 12.4 Å². The van der Waals surface area contributed by atoms with Gasteiger partial charge in [-0.05, 0) is 6.92 Å². The third-order valence-corrected chi connectivity index (χ3v) is 2.04. The number of aromatic nitrogens is 3. The summed E-state index contributed by atoms with van der Waals surface area (Å²) in [6.07, 6.45) is -10.2. The summed E-state index contributed by atoms with van der Waals surface area (Å²) in [5, 5.41) is 5.43. The van der Waals surface area contributed by atoms with E-state index in [1.165, 1.54) is 0 Å². The zero-order valence-electron chi connectivity index (χ0n) is 8.67. The molecular weight excluding hydrogens is 270 g/mol. The number of hydrogen-bond acceptors (Lipinski definition) is 3. The van der Waals surface area contributed by atoms with E-state index in [1.54, 1.807) is 0 Å². The summed E-state index contributed by atoms with van der Waals surface area (Å²) < 4.78 is 74.3. The van der Waals surface area contributed by atoms with E-state index in [2.05, 4.69) is 16.0 Å². The van der Waals surface area contributed by atoms with Gasteiger partial charge in [-0.3, -0.25) is 4.79 Å². The molecule has 1 amide bonds. The topological polar surface area (TPSA) is 73.8 Å². The molecule has 11 heteroatoms. The number of amides is 1. The number of rotatable bonds is 2. The van der Waals surface area contributed by atoms with Crippen LogP contribution >= 0.6 is 0 Å². The first-order chi connectivity index (χ1) is 7.96. The van der Waals surface area contributed by atoms with Gasteiger partial charge in [-0.25, -0.2) is 4.68 Å². The average Bonchev–Trinajstić information content (AvgIpc) is 2.57. The Labute approximate surface area is 95.5 Å². The molecule has 0 bridgehead atoms. The zero-order chi connectivity index (χ0) is 14.3. The van der Waals surface area contributed by atoms with E-state index >= 15 is 0 Å². The second kappa shape index (κ2) is 4.14. The van der Waals surface area contributed by atoms with Crippen LogP contribution in [0.4, 0.5) is 26.3 Å². The van der Waals surface area contributed by atoms with Crippen molar-refractivity contribution in [3.63, 3.8) is 0 Å². The van der Waals surface area contributed by atoms with Gasteiger partial charge in [-0.2, -0.15) is 26.3 Å². The molecule has 0 fully saturated rings. The van der Waals surface area contributed by atoms with Gasteiger partial charge in [-0.15, -0.1) is 5.10 Å². The molecule has 1 aromatic heterocycles. The van der Waals surface area contributed by atoms with Crippen LogP contribution in [-0.2, 0) is 6.18 Å². The Morgan fingerprint density at radius 1 is 1.28 bits per heavy atom. The van der Waals surface area contributed by atoms with Crippen LogP contribution in [0.15, 0.2) is 0 Å². The molecule has 0 spiro atoms. The number of primary amides is 1. The predicted octanol–water partition coefficient (Wildman–Crippen LogP) is 1.52. The molecule has 5 nitrogen and oxygen atoms in total. The van der Waals surface area contributed by atoms with Crippen molar-refractivity contribution < 1.29 is 31.1 Å². The summed E-state index contributed by atoms with van der Waals surface area (Å²) in [5.74, 6) is -1.61. The number of carbonyl (C=O) groups is 1. The lowest BCUT2D eigenvalue weighted by molar-refractivity contribution is -0.177. The second-order valence-corrected chi connectivity index (χ2v) is 3.31. The molecule has 1 heterocycles. The van der Waals surface area contributed by atoms with Crippen molar-refractivity contribution in [2.75, 3.05) is 0 Å². The average molecular weight is 276 g/mol. The summed E-state index contributed by atoms with van der Waals surface area (Å²) in [6.45, 7) is 0.453. The van der Waals surface area contributed by atoms with Gasteiger partial charge in [0.15, 0.2) is 11.4 Å². The number of halogens is 6. The second-order valence-electron chi connectivity index (χ2n) is 3.31. The van der Waals surface area contributed by atoms with Crippen LogP contribution in [0, 0.1) is 0 Å². The normalized spacial score (nSPS) is 14.6. The van der Waals surface area contributed by atoms with Crippen molar-refractivity contribution in [3.05, 3.63) is 11.4 Å². The van der Waals surface area contributed by atoms with Gasteiger partial charge in [0.05, 0.1) is 0 Å². The molecule has 1 aromatic rings. The molecule has 0 aromatic carbocycles. The number of nitrogens with two attached hydrogens (primary N) is 1. The Bertz CT molecular complexity index is 461. The molecule has 0 aliphatic heterocycles. The Morgan fingerprint density at radius 3 is 2.11 bits per heavy atom. The van der Waals surface area contributed by atoms with Gasteiger partial charge in [0.1, 0.15) is 6.04 Å². The van der Waals surface area contributed by atoms with E-state index in [9.17, 15) is 31.1 Å². The minimum absolute atomic E-state index is 0.417. The molecular formula is C7H6F6N4O. The molecule has 1 unspecified atom stereocenters. The summed E-state index contributed by atoms with van der Waals surface area (Å²) in [4.78, 5) is 10.7. The molecule has 0 aliphatic rings. The fourth-order valence-electron chi connectivity index (χ4n) is 1.13. The number of alkyl halides is 6. The predicted molar refractivity (Wildman–Crippen MR) is 44.3 cm³/mol. The highest BCUT2D eigenvalue weighted by Crippen LogP contribution is 2.37. The van der Waals surface area contributed by atoms with Crippen LogP contribution < -0.4 is 5.73 Å². The highest BCUT2D eigenvalue weighted by molar-refractivity contribution is 5.91. The molecule has 1 atom stereocenters. The monoisotopic (exact) mass is 276 g/mol. The lowest BCUT2D eigenvalue weighted by Gasteiger charge is -2.18. The third kappa shape index (κ3) is 2.54. The summed E-state index contributed by atoms with van der Waals surface area (Å²) in [6, 6.07) is -2.59. The first-order valence-corrected chi connectivity index (χ1v) is 4.35. The fraction of sp³-hybridized carbons (Fsp3) is 0.571. The minimum Gasteiger partial charge on any atom is -0.364 e. The number of nitrogens with zero attached hydrogens (tertiary/aromatic N) is 3. The molecule has 2 N–H and O–H groups in total. The van der Waals surface area contributed by atoms with E-state index in [4.69, 9.17) is 0 Å². The van der Waals surface area contributed by atoms with E-state index in [-0.39, 0.29) is 0 Å². The van der Waals surface area contributed by atoms with Crippen LogP contribution in [0.3, 0.4) is 0 Å². The van der Waals surface area contributed by atoms with Gasteiger partial charge in [0.25, 0.3) is 5.91 Å². The van der Waals surface area contributed by atoms with Crippen molar-refractivity contribution in [3.8, 4) is 0 Å². The summed E-state index contributed by atoms with van der Waals surface area (Å²) >= 11 is 0. The van der Waals surface area contributed by atoms with E-state index < -0.39 is 40.4 Å². The van der Waals surface area contributed by atoms with Crippen molar-refractivity contribution >= 4 is 5.91 Å². The maximum Gasteiger partial charge on any atom is 0.435 e. The molecule has 0 aliphatic carbocycles.